The first-order chi connectivity index (χ1) is 19.1. The molecular weight excluding hydrogens is 508 g/mol. The van der Waals surface area contributed by atoms with Crippen LogP contribution in [0.3, 0.4) is 0 Å². The molecule has 0 heterocycles. The van der Waals surface area contributed by atoms with Crippen LogP contribution in [-0.4, -0.2) is 54.0 Å². The highest BCUT2D eigenvalue weighted by molar-refractivity contribution is 5.87. The molecule has 210 valence electrons. The molecular formula is C32H36N2O6. The second kappa shape index (κ2) is 12.8. The Kier molecular flexibility index (Phi) is 9.22. The van der Waals surface area contributed by atoms with Crippen LogP contribution in [0.5, 0.6) is 0 Å². The van der Waals surface area contributed by atoms with Gasteiger partial charge in [0.2, 0.25) is 5.91 Å². The summed E-state index contributed by atoms with van der Waals surface area (Å²) in [6.45, 7) is 5.42. The summed E-state index contributed by atoms with van der Waals surface area (Å²) in [5.41, 5.74) is 4.60. The van der Waals surface area contributed by atoms with Gasteiger partial charge in [-0.15, -0.1) is 0 Å². The lowest BCUT2D eigenvalue weighted by atomic mass is 9.98. The number of fused-ring (bicyclic) bond motifs is 3. The van der Waals surface area contributed by atoms with E-state index in [2.05, 4.69) is 22.8 Å². The van der Waals surface area contributed by atoms with Crippen molar-refractivity contribution >= 4 is 18.0 Å². The van der Waals surface area contributed by atoms with Crippen molar-refractivity contribution in [2.75, 3.05) is 13.2 Å². The maximum Gasteiger partial charge on any atom is 0.407 e. The van der Waals surface area contributed by atoms with Crippen LogP contribution in [0.15, 0.2) is 78.9 Å². The monoisotopic (exact) mass is 544 g/mol. The van der Waals surface area contributed by atoms with Gasteiger partial charge < -0.3 is 25.2 Å². The molecule has 8 heteroatoms. The van der Waals surface area contributed by atoms with E-state index < -0.39 is 35.7 Å². The van der Waals surface area contributed by atoms with Crippen LogP contribution in [0, 0.1) is 0 Å². The average molecular weight is 545 g/mol. The predicted octanol–water partition coefficient (Wildman–Crippen LogP) is 4.35. The molecule has 0 saturated carbocycles. The molecule has 3 aromatic rings. The van der Waals surface area contributed by atoms with Crippen molar-refractivity contribution in [1.29, 1.82) is 0 Å². The fourth-order valence-electron chi connectivity index (χ4n) is 4.78. The Labute approximate surface area is 234 Å². The summed E-state index contributed by atoms with van der Waals surface area (Å²) in [5, 5.41) is 15.6. The van der Waals surface area contributed by atoms with Gasteiger partial charge in [0.15, 0.2) is 0 Å². The van der Waals surface area contributed by atoms with Gasteiger partial charge in [0.25, 0.3) is 0 Å². The number of hydrogen-bond donors (Lipinski definition) is 3. The molecule has 0 radical (unpaired) electrons. The van der Waals surface area contributed by atoms with Gasteiger partial charge in [0, 0.05) is 18.9 Å². The second-order valence-corrected chi connectivity index (χ2v) is 10.8. The predicted molar refractivity (Wildman–Crippen MR) is 152 cm³/mol. The molecule has 2 atom stereocenters. The maximum absolute atomic E-state index is 12.8. The largest absolute Gasteiger partial charge is 0.458 e. The average Bonchev–Trinajstić information content (AvgIpc) is 3.24. The standard InChI is InChI=1S/C32H36N2O6/c1-32(2,3)40-30(37)27(19-21-11-5-4-6-12-21)34-29(36)28(35)17-18-33-31(38)39-20-26-24-15-9-7-13-22(24)23-14-8-10-16-25(23)26/h4-16,26-28,35H,17-20H2,1-3H3,(H,33,38)(H,34,36)/t27-,28-/m0/s1. The Morgan fingerprint density at radius 1 is 0.875 bits per heavy atom. The molecule has 1 aliphatic carbocycles. The molecule has 0 aliphatic heterocycles. The van der Waals surface area contributed by atoms with Crippen molar-refractivity contribution in [3.8, 4) is 11.1 Å². The molecule has 0 fully saturated rings. The third kappa shape index (κ3) is 7.48. The Morgan fingerprint density at radius 3 is 2.05 bits per heavy atom. The van der Waals surface area contributed by atoms with E-state index in [1.807, 2.05) is 66.7 Å². The lowest BCUT2D eigenvalue weighted by molar-refractivity contribution is -0.159. The molecule has 3 N–H and O–H groups in total. The molecule has 8 nitrogen and oxygen atoms in total. The van der Waals surface area contributed by atoms with E-state index >= 15 is 0 Å². The molecule has 40 heavy (non-hydrogen) atoms. The summed E-state index contributed by atoms with van der Waals surface area (Å²) in [4.78, 5) is 37.9. The summed E-state index contributed by atoms with van der Waals surface area (Å²) >= 11 is 0. The SMILES string of the molecule is CC(C)(C)OC(=O)[C@H](Cc1ccccc1)NC(=O)[C@@H](O)CCNC(=O)OCC1c2ccccc2-c2ccccc21. The van der Waals surface area contributed by atoms with Gasteiger partial charge in [-0.05, 0) is 55.0 Å². The minimum atomic E-state index is -1.44. The van der Waals surface area contributed by atoms with E-state index in [1.165, 1.54) is 0 Å². The second-order valence-electron chi connectivity index (χ2n) is 10.8. The van der Waals surface area contributed by atoms with Gasteiger partial charge >= 0.3 is 12.1 Å². The number of aliphatic hydroxyl groups excluding tert-OH is 1. The van der Waals surface area contributed by atoms with Gasteiger partial charge in [0.1, 0.15) is 24.4 Å². The fraction of sp³-hybridized carbons (Fsp3) is 0.344. The molecule has 0 bridgehead atoms. The van der Waals surface area contributed by atoms with E-state index in [-0.39, 0.29) is 31.9 Å². The highest BCUT2D eigenvalue weighted by Crippen LogP contribution is 2.44. The number of benzene rings is 3. The molecule has 3 aromatic carbocycles. The zero-order valence-corrected chi connectivity index (χ0v) is 23.1. The van der Waals surface area contributed by atoms with E-state index in [0.29, 0.717) is 0 Å². The maximum atomic E-state index is 12.8. The molecule has 1 aliphatic rings. The number of esters is 1. The van der Waals surface area contributed by atoms with Gasteiger partial charge in [-0.1, -0.05) is 78.9 Å². The van der Waals surface area contributed by atoms with Gasteiger partial charge in [-0.2, -0.15) is 0 Å². The first-order valence-corrected chi connectivity index (χ1v) is 13.5. The van der Waals surface area contributed by atoms with Gasteiger partial charge in [-0.25, -0.2) is 9.59 Å². The molecule has 4 rings (SSSR count). The normalized spacial score (nSPS) is 13.9. The number of amides is 2. The van der Waals surface area contributed by atoms with E-state index in [1.54, 1.807) is 20.8 Å². The van der Waals surface area contributed by atoms with Crippen LogP contribution in [0.1, 0.15) is 49.8 Å². The number of carbonyl (C=O) groups excluding carboxylic acids is 3. The van der Waals surface area contributed by atoms with E-state index in [0.717, 1.165) is 27.8 Å². The van der Waals surface area contributed by atoms with Crippen LogP contribution < -0.4 is 10.6 Å². The lowest BCUT2D eigenvalue weighted by Crippen LogP contribution is -2.49. The number of hydrogen-bond acceptors (Lipinski definition) is 6. The minimum Gasteiger partial charge on any atom is -0.458 e. The number of rotatable bonds is 10. The molecule has 0 unspecified atom stereocenters. The Morgan fingerprint density at radius 2 is 1.45 bits per heavy atom. The van der Waals surface area contributed by atoms with Crippen molar-refractivity contribution in [2.45, 2.75) is 57.3 Å². The minimum absolute atomic E-state index is 0.0149. The summed E-state index contributed by atoms with van der Waals surface area (Å²) in [7, 11) is 0. The van der Waals surface area contributed by atoms with Gasteiger partial charge in [0.05, 0.1) is 0 Å². The highest BCUT2D eigenvalue weighted by Gasteiger charge is 2.30. The molecule has 2 amide bonds. The zero-order valence-electron chi connectivity index (χ0n) is 23.1. The Hall–Kier alpha value is -4.17. The van der Waals surface area contributed by atoms with Crippen LogP contribution in [0.4, 0.5) is 4.79 Å². The summed E-state index contributed by atoms with van der Waals surface area (Å²) < 4.78 is 11.0. The van der Waals surface area contributed by atoms with Crippen molar-refractivity contribution in [2.24, 2.45) is 0 Å². The number of aliphatic hydroxyl groups is 1. The van der Waals surface area contributed by atoms with Gasteiger partial charge in [-0.3, -0.25) is 4.79 Å². The summed E-state index contributed by atoms with van der Waals surface area (Å²) in [6.07, 6.45) is -1.91. The number of ether oxygens (including phenoxy) is 2. The summed E-state index contributed by atoms with van der Waals surface area (Å²) in [6, 6.07) is 24.4. The summed E-state index contributed by atoms with van der Waals surface area (Å²) in [5.74, 6) is -1.38. The first kappa shape index (κ1) is 28.8. The highest BCUT2D eigenvalue weighted by atomic mass is 16.6. The quantitative estimate of drug-likeness (QED) is 0.327. The van der Waals surface area contributed by atoms with Crippen molar-refractivity contribution < 1.29 is 29.0 Å². The topological polar surface area (TPSA) is 114 Å². The van der Waals surface area contributed by atoms with Crippen LogP contribution in [-0.2, 0) is 25.5 Å². The number of carbonyl (C=O) groups is 3. The number of alkyl carbamates (subject to hydrolysis) is 1. The Bertz CT molecular complexity index is 1290. The third-order valence-electron chi connectivity index (χ3n) is 6.62. The lowest BCUT2D eigenvalue weighted by Gasteiger charge is -2.25. The molecule has 0 saturated heterocycles. The molecule has 0 aromatic heterocycles. The van der Waals surface area contributed by atoms with Crippen LogP contribution >= 0.6 is 0 Å². The van der Waals surface area contributed by atoms with E-state index in [4.69, 9.17) is 9.47 Å². The first-order valence-electron chi connectivity index (χ1n) is 13.5. The fourth-order valence-corrected chi connectivity index (χ4v) is 4.78. The third-order valence-corrected chi connectivity index (χ3v) is 6.62. The zero-order chi connectivity index (χ0) is 28.7. The van der Waals surface area contributed by atoms with Crippen LogP contribution in [0.2, 0.25) is 0 Å². The Balaban J connectivity index is 1.26. The smallest absolute Gasteiger partial charge is 0.407 e. The van der Waals surface area contributed by atoms with Crippen molar-refractivity contribution in [3.05, 3.63) is 95.6 Å². The molecule has 0 spiro atoms. The van der Waals surface area contributed by atoms with Crippen molar-refractivity contribution in [3.63, 3.8) is 0 Å². The van der Waals surface area contributed by atoms with E-state index in [9.17, 15) is 19.5 Å². The number of nitrogens with one attached hydrogen (secondary N) is 2. The van der Waals surface area contributed by atoms with Crippen molar-refractivity contribution in [1.82, 2.24) is 10.6 Å². The van der Waals surface area contributed by atoms with Crippen LogP contribution in [0.25, 0.3) is 11.1 Å².